The summed E-state index contributed by atoms with van der Waals surface area (Å²) >= 11 is 5.54. The fourth-order valence-corrected chi connectivity index (χ4v) is 3.02. The number of benzene rings is 2. The highest BCUT2D eigenvalue weighted by Crippen LogP contribution is 2.26. The topological polar surface area (TPSA) is 32.9 Å². The Morgan fingerprint density at radius 3 is 2.75 bits per heavy atom. The van der Waals surface area contributed by atoms with Gasteiger partial charge in [0.1, 0.15) is 5.82 Å². The van der Waals surface area contributed by atoms with Crippen molar-refractivity contribution in [3.05, 3.63) is 67.6 Å². The second kappa shape index (κ2) is 5.29. The van der Waals surface area contributed by atoms with Crippen molar-refractivity contribution >= 4 is 55.2 Å². The zero-order valence-electron chi connectivity index (χ0n) is 10.1. The summed E-state index contributed by atoms with van der Waals surface area (Å²) in [6.45, 7) is 0. The van der Waals surface area contributed by atoms with Gasteiger partial charge in [0.2, 0.25) is 0 Å². The van der Waals surface area contributed by atoms with E-state index in [1.807, 2.05) is 18.2 Å². The second-order valence-electron chi connectivity index (χ2n) is 4.35. The molecule has 2 aromatic carbocycles. The number of nitrogens with one attached hydrogen (secondary N) is 1. The van der Waals surface area contributed by atoms with Crippen LogP contribution in [0.15, 0.2) is 47.1 Å². The Bertz CT molecular complexity index is 828. The summed E-state index contributed by atoms with van der Waals surface area (Å²) in [6.07, 6.45) is 1.62. The summed E-state index contributed by atoms with van der Waals surface area (Å²) in [5, 5.41) is 0.598. The molecule has 100 valence electrons. The first-order valence-corrected chi connectivity index (χ1v) is 7.70. The number of hydrogen-bond donors (Lipinski definition) is 1. The van der Waals surface area contributed by atoms with Crippen LogP contribution < -0.4 is 0 Å². The molecule has 0 aliphatic heterocycles. The van der Waals surface area contributed by atoms with E-state index in [1.54, 1.807) is 12.3 Å². The lowest BCUT2D eigenvalue weighted by Crippen LogP contribution is -2.02. The van der Waals surface area contributed by atoms with E-state index in [2.05, 4.69) is 43.5 Å². The third kappa shape index (κ3) is 2.40. The summed E-state index contributed by atoms with van der Waals surface area (Å²) < 4.78 is 15.1. The van der Waals surface area contributed by atoms with Gasteiger partial charge in [-0.05, 0) is 59.0 Å². The monoisotopic (exact) mass is 443 g/mol. The van der Waals surface area contributed by atoms with Crippen LogP contribution in [0.4, 0.5) is 4.39 Å². The van der Waals surface area contributed by atoms with Crippen LogP contribution in [0, 0.1) is 9.39 Å². The van der Waals surface area contributed by atoms with Gasteiger partial charge in [0.25, 0.3) is 0 Å². The maximum atomic E-state index is 13.4. The van der Waals surface area contributed by atoms with E-state index >= 15 is 0 Å². The first kappa shape index (κ1) is 13.8. The third-order valence-electron chi connectivity index (χ3n) is 3.06. The van der Waals surface area contributed by atoms with E-state index in [4.69, 9.17) is 0 Å². The van der Waals surface area contributed by atoms with Crippen molar-refractivity contribution in [1.29, 1.82) is 0 Å². The van der Waals surface area contributed by atoms with Gasteiger partial charge in [-0.3, -0.25) is 4.79 Å². The number of hydrogen-bond acceptors (Lipinski definition) is 1. The van der Waals surface area contributed by atoms with Crippen molar-refractivity contribution < 1.29 is 9.18 Å². The number of fused-ring (bicyclic) bond motifs is 1. The van der Waals surface area contributed by atoms with Crippen molar-refractivity contribution in [2.75, 3.05) is 0 Å². The summed E-state index contributed by atoms with van der Waals surface area (Å²) in [7, 11) is 0. The van der Waals surface area contributed by atoms with Gasteiger partial charge >= 0.3 is 0 Å². The van der Waals surface area contributed by atoms with Gasteiger partial charge in [-0.15, -0.1) is 0 Å². The lowest BCUT2D eigenvalue weighted by molar-refractivity contribution is 0.103. The molecule has 5 heteroatoms. The number of carbonyl (C=O) groups excluding carboxylic acids is 1. The first-order valence-electron chi connectivity index (χ1n) is 5.82. The molecule has 0 aliphatic rings. The average molecular weight is 444 g/mol. The predicted molar refractivity (Wildman–Crippen MR) is 88.5 cm³/mol. The van der Waals surface area contributed by atoms with E-state index in [0.717, 1.165) is 13.6 Å². The Labute approximate surface area is 136 Å². The zero-order chi connectivity index (χ0) is 14.3. The minimum Gasteiger partial charge on any atom is -0.360 e. The second-order valence-corrected chi connectivity index (χ2v) is 6.45. The van der Waals surface area contributed by atoms with Crippen LogP contribution in [0.2, 0.25) is 0 Å². The lowest BCUT2D eigenvalue weighted by atomic mass is 10.0. The number of halogens is 3. The molecule has 1 N–H and O–H groups in total. The SMILES string of the molecule is O=C(c1cc(I)ccc1Br)c1c[nH]c2ccc(F)cc12. The van der Waals surface area contributed by atoms with E-state index in [1.165, 1.54) is 12.1 Å². The van der Waals surface area contributed by atoms with Gasteiger partial charge in [0, 0.05) is 36.3 Å². The molecule has 3 aromatic rings. The van der Waals surface area contributed by atoms with E-state index < -0.39 is 0 Å². The molecule has 0 spiro atoms. The Morgan fingerprint density at radius 1 is 1.15 bits per heavy atom. The molecule has 2 nitrogen and oxygen atoms in total. The first-order chi connectivity index (χ1) is 9.56. The Balaban J connectivity index is 2.17. The van der Waals surface area contributed by atoms with Crippen LogP contribution >= 0.6 is 38.5 Å². The molecule has 0 fully saturated rings. The smallest absolute Gasteiger partial charge is 0.196 e. The van der Waals surface area contributed by atoms with E-state index in [0.29, 0.717) is 16.5 Å². The van der Waals surface area contributed by atoms with Crippen molar-refractivity contribution in [3.63, 3.8) is 0 Å². The van der Waals surface area contributed by atoms with Crippen molar-refractivity contribution in [2.45, 2.75) is 0 Å². The predicted octanol–water partition coefficient (Wildman–Crippen LogP) is 4.91. The highest BCUT2D eigenvalue weighted by molar-refractivity contribution is 14.1. The minimum absolute atomic E-state index is 0.132. The van der Waals surface area contributed by atoms with Crippen molar-refractivity contribution in [3.8, 4) is 0 Å². The van der Waals surface area contributed by atoms with Crippen molar-refractivity contribution in [1.82, 2.24) is 4.98 Å². The van der Waals surface area contributed by atoms with Crippen LogP contribution in [0.5, 0.6) is 0 Å². The standard InChI is InChI=1S/C15H8BrFINO/c16-13-3-2-9(18)6-11(13)15(20)12-7-19-14-4-1-8(17)5-10(12)14/h1-7,19H. The summed E-state index contributed by atoms with van der Waals surface area (Å²) in [4.78, 5) is 15.6. The number of aromatic nitrogens is 1. The fraction of sp³-hybridized carbons (Fsp3) is 0. The van der Waals surface area contributed by atoms with Gasteiger partial charge in [-0.1, -0.05) is 15.9 Å². The molecule has 1 heterocycles. The highest BCUT2D eigenvalue weighted by atomic mass is 127. The van der Waals surface area contributed by atoms with Crippen LogP contribution in [0.25, 0.3) is 10.9 Å². The van der Waals surface area contributed by atoms with Crippen LogP contribution in [0.3, 0.4) is 0 Å². The molecule has 0 saturated carbocycles. The number of ketones is 1. The van der Waals surface area contributed by atoms with Gasteiger partial charge < -0.3 is 4.98 Å². The van der Waals surface area contributed by atoms with E-state index in [9.17, 15) is 9.18 Å². The molecule has 1 aromatic heterocycles. The molecule has 20 heavy (non-hydrogen) atoms. The molecule has 0 amide bonds. The van der Waals surface area contributed by atoms with Crippen LogP contribution in [0.1, 0.15) is 15.9 Å². The number of aromatic amines is 1. The molecule has 3 rings (SSSR count). The molecule has 0 bridgehead atoms. The number of rotatable bonds is 2. The van der Waals surface area contributed by atoms with Gasteiger partial charge in [-0.25, -0.2) is 4.39 Å². The zero-order valence-corrected chi connectivity index (χ0v) is 13.8. The Hall–Kier alpha value is -1.21. The van der Waals surface area contributed by atoms with Gasteiger partial charge in [0.15, 0.2) is 5.78 Å². The van der Waals surface area contributed by atoms with Crippen LogP contribution in [-0.2, 0) is 0 Å². The molecule has 0 unspecified atom stereocenters. The summed E-state index contributed by atoms with van der Waals surface area (Å²) in [6, 6.07) is 9.94. The van der Waals surface area contributed by atoms with Crippen LogP contribution in [-0.4, -0.2) is 10.8 Å². The molecule has 0 saturated heterocycles. The number of H-pyrrole nitrogens is 1. The van der Waals surface area contributed by atoms with Gasteiger partial charge in [0.05, 0.1) is 0 Å². The fourth-order valence-electron chi connectivity index (χ4n) is 2.10. The normalized spacial score (nSPS) is 10.9. The molecular formula is C15H8BrFINO. The molecule has 0 radical (unpaired) electrons. The molecule has 0 aliphatic carbocycles. The minimum atomic E-state index is -0.354. The summed E-state index contributed by atoms with van der Waals surface area (Å²) in [5.74, 6) is -0.486. The largest absolute Gasteiger partial charge is 0.360 e. The lowest BCUT2D eigenvalue weighted by Gasteiger charge is -2.04. The Kier molecular flexibility index (Phi) is 3.64. The average Bonchev–Trinajstić information content (AvgIpc) is 2.83. The Morgan fingerprint density at radius 2 is 1.95 bits per heavy atom. The third-order valence-corrected chi connectivity index (χ3v) is 4.42. The molecular weight excluding hydrogens is 436 g/mol. The quantitative estimate of drug-likeness (QED) is 0.443. The highest BCUT2D eigenvalue weighted by Gasteiger charge is 2.17. The maximum absolute atomic E-state index is 13.4. The van der Waals surface area contributed by atoms with E-state index in [-0.39, 0.29) is 11.6 Å². The number of carbonyl (C=O) groups is 1. The molecule has 0 atom stereocenters. The van der Waals surface area contributed by atoms with Gasteiger partial charge in [-0.2, -0.15) is 0 Å². The van der Waals surface area contributed by atoms with Crippen molar-refractivity contribution in [2.24, 2.45) is 0 Å². The summed E-state index contributed by atoms with van der Waals surface area (Å²) in [5.41, 5.74) is 1.79. The maximum Gasteiger partial charge on any atom is 0.196 e.